The largest absolute Gasteiger partial charge is 0.380 e. The van der Waals surface area contributed by atoms with Gasteiger partial charge in [-0.25, -0.2) is 0 Å². The first kappa shape index (κ1) is 38.1. The molecule has 2 unspecified atom stereocenters. The Balaban J connectivity index is 1.68. The predicted octanol–water partition coefficient (Wildman–Crippen LogP) is 6.73. The number of aryl methyl sites for hydroxylation is 1. The standard InChI is InChI=1S/C40H59N3O3Si/c1-9-28-20-23-32(24-21-28)47-43-37(45)27(3)26-30-17-15-14-16-29(30)22-25-34(44)36(39(4,5)6)42-38(46)35(33(41)10-2)40(7,8)31-18-12-11-13-19-31/h11-13,18-21,23-24,26,29-30,35-36,41H,9-10,14-17,22,25,47H2,1-8H3,(H,42,46)(H,43,45)/b27-26+,41-33?/t29?,30?,35-,36-/m1/s1. The van der Waals surface area contributed by atoms with Crippen LogP contribution in [0.5, 0.6) is 0 Å². The third-order valence-electron chi connectivity index (χ3n) is 10.1. The number of carbonyl (C=O) groups excluding carboxylic acids is 3. The Bertz CT molecular complexity index is 1390. The molecule has 6 nitrogen and oxygen atoms in total. The molecule has 1 aliphatic carbocycles. The van der Waals surface area contributed by atoms with Crippen molar-refractivity contribution in [3.8, 4) is 0 Å². The lowest BCUT2D eigenvalue weighted by atomic mass is 9.69. The van der Waals surface area contributed by atoms with Gasteiger partial charge in [0.2, 0.25) is 11.8 Å². The van der Waals surface area contributed by atoms with Crippen LogP contribution in [-0.4, -0.2) is 39.0 Å². The summed E-state index contributed by atoms with van der Waals surface area (Å²) >= 11 is 0. The summed E-state index contributed by atoms with van der Waals surface area (Å²) in [5.41, 5.74) is 2.32. The minimum atomic E-state index is -0.899. The first-order chi connectivity index (χ1) is 22.2. The predicted molar refractivity (Wildman–Crippen MR) is 198 cm³/mol. The number of ketones is 1. The van der Waals surface area contributed by atoms with E-state index in [2.05, 4.69) is 47.6 Å². The summed E-state index contributed by atoms with van der Waals surface area (Å²) in [6.07, 6.45) is 9.04. The van der Waals surface area contributed by atoms with E-state index in [9.17, 15) is 14.4 Å². The van der Waals surface area contributed by atoms with Crippen LogP contribution in [0.25, 0.3) is 0 Å². The number of amides is 2. The second kappa shape index (κ2) is 17.2. The van der Waals surface area contributed by atoms with E-state index < -0.39 is 32.5 Å². The minimum absolute atomic E-state index is 0.0118. The first-order valence-electron chi connectivity index (χ1n) is 17.7. The average molecular weight is 658 g/mol. The summed E-state index contributed by atoms with van der Waals surface area (Å²) in [6, 6.07) is 17.8. The fourth-order valence-corrected chi connectivity index (χ4v) is 8.18. The molecule has 0 spiro atoms. The molecule has 3 rings (SSSR count). The van der Waals surface area contributed by atoms with Gasteiger partial charge in [-0.15, -0.1) is 0 Å². The Hall–Kier alpha value is -3.32. The molecule has 0 heterocycles. The maximum Gasteiger partial charge on any atom is 0.238 e. The molecule has 0 saturated heterocycles. The number of nitrogens with one attached hydrogen (secondary N) is 3. The van der Waals surface area contributed by atoms with E-state index in [0.29, 0.717) is 24.5 Å². The molecule has 1 fully saturated rings. The number of Topliss-reactive ketones (excluding diaryl/α,β-unsaturated/α-hetero) is 1. The second-order valence-electron chi connectivity index (χ2n) is 15.1. The topological polar surface area (TPSA) is 99.1 Å². The summed E-state index contributed by atoms with van der Waals surface area (Å²) < 4.78 is 0. The molecule has 1 saturated carbocycles. The van der Waals surface area contributed by atoms with Crippen LogP contribution in [0.1, 0.15) is 111 Å². The summed E-state index contributed by atoms with van der Waals surface area (Å²) in [4.78, 5) is 44.1. The summed E-state index contributed by atoms with van der Waals surface area (Å²) in [6.45, 7) is 16.0. The Morgan fingerprint density at radius 2 is 1.60 bits per heavy atom. The SMILES string of the molecule is CCC(=N)[C@H](C(=O)N[C@H](C(=O)CCC1CCCCC1/C=C(\C)C(=O)N[SiH2]c1ccc(CC)cc1)C(C)(C)C)C(C)(C)c1ccccc1. The van der Waals surface area contributed by atoms with Crippen molar-refractivity contribution in [1.29, 1.82) is 5.41 Å². The molecule has 7 heteroatoms. The molecule has 0 bridgehead atoms. The minimum Gasteiger partial charge on any atom is -0.380 e. The van der Waals surface area contributed by atoms with E-state index >= 15 is 0 Å². The van der Waals surface area contributed by atoms with Gasteiger partial charge in [-0.1, -0.05) is 122 Å². The molecule has 1 aliphatic rings. The van der Waals surface area contributed by atoms with Gasteiger partial charge in [0.05, 0.1) is 12.0 Å². The zero-order chi connectivity index (χ0) is 34.8. The van der Waals surface area contributed by atoms with Gasteiger partial charge in [-0.05, 0) is 72.6 Å². The third-order valence-corrected chi connectivity index (χ3v) is 11.5. The monoisotopic (exact) mass is 657 g/mol. The number of hydrogen-bond acceptors (Lipinski definition) is 4. The normalized spacial score (nSPS) is 18.9. The molecule has 0 aromatic heterocycles. The zero-order valence-electron chi connectivity index (χ0n) is 30.2. The van der Waals surface area contributed by atoms with Crippen molar-refractivity contribution in [2.24, 2.45) is 23.2 Å². The highest BCUT2D eigenvalue weighted by Crippen LogP contribution is 2.37. The van der Waals surface area contributed by atoms with E-state index in [-0.39, 0.29) is 23.5 Å². The van der Waals surface area contributed by atoms with Crippen LogP contribution in [0.2, 0.25) is 0 Å². The molecular weight excluding hydrogens is 599 g/mol. The van der Waals surface area contributed by atoms with Crippen LogP contribution >= 0.6 is 0 Å². The highest BCUT2D eigenvalue weighted by Gasteiger charge is 2.42. The van der Waals surface area contributed by atoms with Crippen LogP contribution < -0.4 is 15.5 Å². The van der Waals surface area contributed by atoms with Crippen molar-refractivity contribution in [1.82, 2.24) is 10.3 Å². The van der Waals surface area contributed by atoms with Crippen LogP contribution in [0.3, 0.4) is 0 Å². The van der Waals surface area contributed by atoms with Crippen molar-refractivity contribution in [3.05, 3.63) is 77.4 Å². The van der Waals surface area contributed by atoms with Crippen molar-refractivity contribution in [2.75, 3.05) is 0 Å². The number of carbonyl (C=O) groups is 3. The molecule has 2 amide bonds. The molecule has 0 radical (unpaired) electrons. The van der Waals surface area contributed by atoms with Gasteiger partial charge in [0.1, 0.15) is 0 Å². The quantitative estimate of drug-likeness (QED) is 0.113. The smallest absolute Gasteiger partial charge is 0.238 e. The molecule has 3 N–H and O–H groups in total. The van der Waals surface area contributed by atoms with Crippen molar-refractivity contribution in [3.63, 3.8) is 0 Å². The van der Waals surface area contributed by atoms with Gasteiger partial charge in [-0.3, -0.25) is 14.4 Å². The van der Waals surface area contributed by atoms with E-state index in [1.165, 1.54) is 10.8 Å². The lowest BCUT2D eigenvalue weighted by Crippen LogP contribution is -2.54. The number of allylic oxidation sites excluding steroid dienone is 1. The van der Waals surface area contributed by atoms with Gasteiger partial charge in [0, 0.05) is 23.1 Å². The van der Waals surface area contributed by atoms with Gasteiger partial charge >= 0.3 is 0 Å². The molecule has 2 aromatic rings. The molecular formula is C40H59N3O3Si. The fraction of sp³-hybridized carbons (Fsp3) is 0.550. The van der Waals surface area contributed by atoms with Crippen molar-refractivity contribution < 1.29 is 14.4 Å². The van der Waals surface area contributed by atoms with Crippen LogP contribution in [0, 0.1) is 28.6 Å². The molecule has 47 heavy (non-hydrogen) atoms. The fourth-order valence-electron chi connectivity index (χ4n) is 7.06. The Morgan fingerprint density at radius 1 is 0.957 bits per heavy atom. The highest BCUT2D eigenvalue weighted by atomic mass is 28.2. The molecule has 256 valence electrons. The summed E-state index contributed by atoms with van der Waals surface area (Å²) in [5, 5.41) is 13.1. The average Bonchev–Trinajstić information content (AvgIpc) is 3.05. The maximum absolute atomic E-state index is 14.0. The maximum atomic E-state index is 14.0. The van der Waals surface area contributed by atoms with Gasteiger partial charge in [0.25, 0.3) is 0 Å². The summed E-state index contributed by atoms with van der Waals surface area (Å²) in [7, 11) is -0.899. The van der Waals surface area contributed by atoms with Crippen molar-refractivity contribution >= 4 is 38.2 Å². The van der Waals surface area contributed by atoms with E-state index in [0.717, 1.165) is 49.7 Å². The summed E-state index contributed by atoms with van der Waals surface area (Å²) in [5.74, 6) is -0.316. The Kier molecular flexibility index (Phi) is 13.9. The number of rotatable bonds is 15. The first-order valence-corrected chi connectivity index (χ1v) is 19.1. The number of benzene rings is 2. The van der Waals surface area contributed by atoms with E-state index in [1.807, 2.05) is 78.8 Å². The van der Waals surface area contributed by atoms with Gasteiger partial charge < -0.3 is 15.7 Å². The second-order valence-corrected chi connectivity index (χ2v) is 16.6. The van der Waals surface area contributed by atoms with E-state index in [1.54, 1.807) is 0 Å². The third kappa shape index (κ3) is 10.6. The lowest BCUT2D eigenvalue weighted by Gasteiger charge is -2.38. The Morgan fingerprint density at radius 3 is 2.19 bits per heavy atom. The highest BCUT2D eigenvalue weighted by molar-refractivity contribution is 6.54. The van der Waals surface area contributed by atoms with Crippen molar-refractivity contribution in [2.45, 2.75) is 118 Å². The number of hydrogen-bond donors (Lipinski definition) is 3. The van der Waals surface area contributed by atoms with Crippen LogP contribution in [-0.2, 0) is 26.2 Å². The Labute approximate surface area is 286 Å². The van der Waals surface area contributed by atoms with Crippen LogP contribution in [0.4, 0.5) is 0 Å². The molecule has 0 aliphatic heterocycles. The van der Waals surface area contributed by atoms with E-state index in [4.69, 9.17) is 5.41 Å². The van der Waals surface area contributed by atoms with Crippen LogP contribution in [0.15, 0.2) is 66.2 Å². The lowest BCUT2D eigenvalue weighted by molar-refractivity contribution is -0.132. The zero-order valence-corrected chi connectivity index (χ0v) is 31.6. The van der Waals surface area contributed by atoms with Gasteiger partial charge in [-0.2, -0.15) is 0 Å². The molecule has 2 aromatic carbocycles. The molecule has 4 atom stereocenters. The van der Waals surface area contributed by atoms with Gasteiger partial charge in [0.15, 0.2) is 15.5 Å².